The Labute approximate surface area is 98.4 Å². The summed E-state index contributed by atoms with van der Waals surface area (Å²) in [4.78, 5) is 19.1. The predicted octanol–water partition coefficient (Wildman–Crippen LogP) is 0.687. The van der Waals surface area contributed by atoms with Gasteiger partial charge in [0.05, 0.1) is 7.11 Å². The number of hydrogen-bond donors (Lipinski definition) is 2. The lowest BCUT2D eigenvalue weighted by Gasteiger charge is -2.05. The van der Waals surface area contributed by atoms with E-state index in [1.54, 1.807) is 7.05 Å². The molecule has 1 aromatic rings. The molecule has 16 heavy (non-hydrogen) atoms. The van der Waals surface area contributed by atoms with Gasteiger partial charge in [-0.1, -0.05) is 11.6 Å². The second-order valence-electron chi connectivity index (χ2n) is 2.96. The molecule has 0 aliphatic heterocycles. The number of rotatable bonds is 5. The summed E-state index contributed by atoms with van der Waals surface area (Å²) < 4.78 is 4.90. The van der Waals surface area contributed by atoms with Crippen molar-refractivity contribution in [2.75, 3.05) is 26.0 Å². The fourth-order valence-electron chi connectivity index (χ4n) is 0.983. The SMILES string of the molecule is CNCCC(=O)Nc1nc(Cl)cc(OC)n1. The van der Waals surface area contributed by atoms with Gasteiger partial charge in [0, 0.05) is 19.0 Å². The molecule has 0 atom stereocenters. The molecule has 2 N–H and O–H groups in total. The molecular weight excluding hydrogens is 232 g/mol. The van der Waals surface area contributed by atoms with Crippen molar-refractivity contribution < 1.29 is 9.53 Å². The van der Waals surface area contributed by atoms with Crippen LogP contribution in [0, 0.1) is 0 Å². The van der Waals surface area contributed by atoms with Gasteiger partial charge in [-0.25, -0.2) is 4.98 Å². The lowest BCUT2D eigenvalue weighted by Crippen LogP contribution is -2.20. The molecule has 1 aromatic heterocycles. The third-order valence-corrected chi connectivity index (χ3v) is 1.93. The van der Waals surface area contributed by atoms with Crippen LogP contribution >= 0.6 is 11.6 Å². The Kier molecular flexibility index (Phi) is 4.94. The normalized spacial score (nSPS) is 9.94. The van der Waals surface area contributed by atoms with Gasteiger partial charge >= 0.3 is 0 Å². The van der Waals surface area contributed by atoms with E-state index >= 15 is 0 Å². The van der Waals surface area contributed by atoms with E-state index in [0.29, 0.717) is 18.8 Å². The second-order valence-corrected chi connectivity index (χ2v) is 3.35. The Morgan fingerprint density at radius 1 is 1.56 bits per heavy atom. The molecule has 0 saturated carbocycles. The van der Waals surface area contributed by atoms with E-state index in [1.807, 2.05) is 0 Å². The standard InChI is InChI=1S/C9H13ClN4O2/c1-11-4-3-7(15)13-9-12-6(10)5-8(14-9)16-2/h5,11H,3-4H2,1-2H3,(H,12,13,14,15). The fraction of sp³-hybridized carbons (Fsp3) is 0.444. The molecule has 0 aliphatic rings. The second kappa shape index (κ2) is 6.24. The summed E-state index contributed by atoms with van der Waals surface area (Å²) in [6.07, 6.45) is 0.342. The lowest BCUT2D eigenvalue weighted by molar-refractivity contribution is -0.116. The minimum absolute atomic E-state index is 0.144. The third kappa shape index (κ3) is 4.00. The highest BCUT2D eigenvalue weighted by Crippen LogP contribution is 2.15. The van der Waals surface area contributed by atoms with Crippen LogP contribution in [0.25, 0.3) is 0 Å². The van der Waals surface area contributed by atoms with Crippen LogP contribution < -0.4 is 15.4 Å². The zero-order valence-corrected chi connectivity index (χ0v) is 9.84. The van der Waals surface area contributed by atoms with Crippen molar-refractivity contribution in [3.05, 3.63) is 11.2 Å². The number of carbonyl (C=O) groups is 1. The Bertz CT molecular complexity index is 373. The van der Waals surface area contributed by atoms with E-state index in [1.165, 1.54) is 13.2 Å². The molecule has 0 unspecified atom stereocenters. The van der Waals surface area contributed by atoms with E-state index in [2.05, 4.69) is 20.6 Å². The summed E-state index contributed by atoms with van der Waals surface area (Å²) in [5.74, 6) is 0.271. The molecule has 7 heteroatoms. The van der Waals surface area contributed by atoms with Crippen molar-refractivity contribution in [2.45, 2.75) is 6.42 Å². The first-order valence-electron chi connectivity index (χ1n) is 4.68. The van der Waals surface area contributed by atoms with Crippen LogP contribution in [0.4, 0.5) is 5.95 Å². The van der Waals surface area contributed by atoms with Crippen LogP contribution in [-0.4, -0.2) is 36.6 Å². The number of amides is 1. The lowest BCUT2D eigenvalue weighted by atomic mass is 10.4. The summed E-state index contributed by atoms with van der Waals surface area (Å²) in [5, 5.41) is 5.61. The number of anilines is 1. The molecule has 1 amide bonds. The average Bonchev–Trinajstić information content (AvgIpc) is 2.25. The summed E-state index contributed by atoms with van der Waals surface area (Å²) in [5.41, 5.74) is 0. The first-order chi connectivity index (χ1) is 7.65. The molecule has 0 fully saturated rings. The van der Waals surface area contributed by atoms with Crippen LogP contribution in [-0.2, 0) is 4.79 Å². The van der Waals surface area contributed by atoms with Gasteiger partial charge in [-0.15, -0.1) is 0 Å². The quantitative estimate of drug-likeness (QED) is 0.746. The van der Waals surface area contributed by atoms with Crippen molar-refractivity contribution in [1.82, 2.24) is 15.3 Å². The van der Waals surface area contributed by atoms with Crippen molar-refractivity contribution in [2.24, 2.45) is 0 Å². The third-order valence-electron chi connectivity index (χ3n) is 1.73. The van der Waals surface area contributed by atoms with Crippen molar-refractivity contribution in [1.29, 1.82) is 0 Å². The molecule has 0 aromatic carbocycles. The number of hydrogen-bond acceptors (Lipinski definition) is 5. The Hall–Kier alpha value is -1.40. The number of nitrogens with zero attached hydrogens (tertiary/aromatic N) is 2. The molecule has 0 bridgehead atoms. The van der Waals surface area contributed by atoms with Gasteiger partial charge < -0.3 is 10.1 Å². The van der Waals surface area contributed by atoms with Gasteiger partial charge in [0.25, 0.3) is 0 Å². The molecule has 1 rings (SSSR count). The number of aromatic nitrogens is 2. The van der Waals surface area contributed by atoms with Crippen molar-refractivity contribution >= 4 is 23.5 Å². The summed E-state index contributed by atoms with van der Waals surface area (Å²) in [6, 6.07) is 1.46. The number of ether oxygens (including phenoxy) is 1. The summed E-state index contributed by atoms with van der Waals surface area (Å²) >= 11 is 5.72. The Morgan fingerprint density at radius 3 is 2.94 bits per heavy atom. The number of carbonyl (C=O) groups excluding carboxylic acids is 1. The van der Waals surface area contributed by atoms with Crippen LogP contribution in [0.2, 0.25) is 5.15 Å². The van der Waals surface area contributed by atoms with Gasteiger partial charge in [-0.2, -0.15) is 4.98 Å². The molecule has 0 aliphatic carbocycles. The maximum Gasteiger partial charge on any atom is 0.234 e. The molecule has 0 radical (unpaired) electrons. The largest absolute Gasteiger partial charge is 0.481 e. The van der Waals surface area contributed by atoms with E-state index in [4.69, 9.17) is 16.3 Å². The smallest absolute Gasteiger partial charge is 0.234 e. The zero-order chi connectivity index (χ0) is 12.0. The maximum absolute atomic E-state index is 11.4. The highest BCUT2D eigenvalue weighted by atomic mass is 35.5. The van der Waals surface area contributed by atoms with E-state index < -0.39 is 0 Å². The minimum atomic E-state index is -0.182. The van der Waals surface area contributed by atoms with Crippen molar-refractivity contribution in [3.63, 3.8) is 0 Å². The van der Waals surface area contributed by atoms with Gasteiger partial charge in [0.15, 0.2) is 0 Å². The Morgan fingerprint density at radius 2 is 2.31 bits per heavy atom. The molecule has 6 nitrogen and oxygen atoms in total. The van der Waals surface area contributed by atoms with Crippen LogP contribution in [0.5, 0.6) is 5.88 Å². The van der Waals surface area contributed by atoms with Gasteiger partial charge in [-0.3, -0.25) is 10.1 Å². The number of nitrogens with one attached hydrogen (secondary N) is 2. The molecular formula is C9H13ClN4O2. The first-order valence-corrected chi connectivity index (χ1v) is 5.06. The number of methoxy groups -OCH3 is 1. The topological polar surface area (TPSA) is 76.1 Å². The number of halogens is 1. The highest BCUT2D eigenvalue weighted by Gasteiger charge is 2.07. The van der Waals surface area contributed by atoms with Crippen molar-refractivity contribution in [3.8, 4) is 5.88 Å². The maximum atomic E-state index is 11.4. The molecule has 0 spiro atoms. The monoisotopic (exact) mass is 244 g/mol. The van der Waals surface area contributed by atoms with Crippen LogP contribution in [0.1, 0.15) is 6.42 Å². The fourth-order valence-corrected chi connectivity index (χ4v) is 1.16. The van der Waals surface area contributed by atoms with E-state index in [-0.39, 0.29) is 17.0 Å². The molecule has 88 valence electrons. The highest BCUT2D eigenvalue weighted by molar-refractivity contribution is 6.29. The zero-order valence-electron chi connectivity index (χ0n) is 9.08. The molecule has 0 saturated heterocycles. The van der Waals surface area contributed by atoms with E-state index in [0.717, 1.165) is 0 Å². The summed E-state index contributed by atoms with van der Waals surface area (Å²) in [7, 11) is 3.23. The van der Waals surface area contributed by atoms with Gasteiger partial charge in [-0.05, 0) is 7.05 Å². The average molecular weight is 245 g/mol. The molecule has 1 heterocycles. The van der Waals surface area contributed by atoms with Crippen LogP contribution in [0.15, 0.2) is 6.07 Å². The van der Waals surface area contributed by atoms with Crippen LogP contribution in [0.3, 0.4) is 0 Å². The predicted molar refractivity (Wildman–Crippen MR) is 60.8 cm³/mol. The minimum Gasteiger partial charge on any atom is -0.481 e. The summed E-state index contributed by atoms with van der Waals surface area (Å²) in [6.45, 7) is 0.587. The van der Waals surface area contributed by atoms with Gasteiger partial charge in [0.1, 0.15) is 5.15 Å². The first kappa shape index (κ1) is 12.7. The Balaban J connectivity index is 2.65. The van der Waals surface area contributed by atoms with E-state index in [9.17, 15) is 4.79 Å². The van der Waals surface area contributed by atoms with Gasteiger partial charge in [0.2, 0.25) is 17.7 Å².